The topological polar surface area (TPSA) is 46.5 Å². The summed E-state index contributed by atoms with van der Waals surface area (Å²) in [4.78, 5) is 6.12. The number of H-pyrrole nitrogens is 1. The second kappa shape index (κ2) is 4.77. The van der Waals surface area contributed by atoms with E-state index in [9.17, 15) is 0 Å². The Morgan fingerprint density at radius 2 is 2.10 bits per heavy atom. The number of aromatic nitrogens is 4. The molecule has 2 heterocycles. The summed E-state index contributed by atoms with van der Waals surface area (Å²) in [6, 6.07) is 0. The Hall–Kier alpha value is -1.01. The van der Waals surface area contributed by atoms with Crippen LogP contribution in [0.25, 0.3) is 10.7 Å². The maximum absolute atomic E-state index is 5.31. The lowest BCUT2D eigenvalue weighted by Crippen LogP contribution is -2.10. The highest BCUT2D eigenvalue weighted by Crippen LogP contribution is 2.47. The Labute approximate surface area is 128 Å². The maximum Gasteiger partial charge on any atom is 0.195 e. The van der Waals surface area contributed by atoms with Crippen molar-refractivity contribution in [2.24, 2.45) is 0 Å². The van der Waals surface area contributed by atoms with Crippen molar-refractivity contribution in [1.29, 1.82) is 0 Å². The summed E-state index contributed by atoms with van der Waals surface area (Å²) >= 11 is 7.08. The smallest absolute Gasteiger partial charge is 0.195 e. The fraction of sp³-hybridized carbons (Fsp3) is 0.643. The Morgan fingerprint density at radius 1 is 1.40 bits per heavy atom. The van der Waals surface area contributed by atoms with E-state index in [1.165, 1.54) is 28.4 Å². The van der Waals surface area contributed by atoms with Crippen LogP contribution in [0.4, 0.5) is 0 Å². The molecule has 0 radical (unpaired) electrons. The first-order valence-electron chi connectivity index (χ1n) is 7.08. The van der Waals surface area contributed by atoms with Crippen molar-refractivity contribution < 1.29 is 0 Å². The van der Waals surface area contributed by atoms with Crippen LogP contribution in [0.5, 0.6) is 0 Å². The third kappa shape index (κ3) is 2.35. The molecule has 0 aliphatic heterocycles. The third-order valence-electron chi connectivity index (χ3n) is 3.54. The monoisotopic (exact) mass is 308 g/mol. The average molecular weight is 308 g/mol. The molecular formula is C14H20N4S2. The lowest BCUT2D eigenvalue weighted by Gasteiger charge is -2.13. The molecule has 4 nitrogen and oxygen atoms in total. The summed E-state index contributed by atoms with van der Waals surface area (Å²) in [7, 11) is 0. The number of nitrogens with zero attached hydrogens (tertiary/aromatic N) is 3. The highest BCUT2D eigenvalue weighted by Gasteiger charge is 2.33. The molecule has 1 N–H and O–H groups in total. The molecule has 3 rings (SSSR count). The highest BCUT2D eigenvalue weighted by molar-refractivity contribution is 7.71. The van der Waals surface area contributed by atoms with E-state index in [0.717, 1.165) is 12.4 Å². The van der Waals surface area contributed by atoms with E-state index in [4.69, 9.17) is 17.2 Å². The van der Waals surface area contributed by atoms with Gasteiger partial charge < -0.3 is 0 Å². The van der Waals surface area contributed by atoms with Crippen LogP contribution >= 0.6 is 23.6 Å². The number of hydrogen-bond donors (Lipinski definition) is 1. The predicted octanol–water partition coefficient (Wildman–Crippen LogP) is 4.26. The second-order valence-electron chi connectivity index (χ2n) is 6.35. The molecule has 0 aromatic carbocycles. The van der Waals surface area contributed by atoms with Crippen molar-refractivity contribution >= 4 is 23.6 Å². The summed E-state index contributed by atoms with van der Waals surface area (Å²) in [5.41, 5.74) is 1.31. The van der Waals surface area contributed by atoms with Crippen molar-refractivity contribution in [2.75, 3.05) is 0 Å². The summed E-state index contributed by atoms with van der Waals surface area (Å²) in [6.45, 7) is 9.56. The third-order valence-corrected chi connectivity index (χ3v) is 5.34. The number of thiazole rings is 1. The van der Waals surface area contributed by atoms with E-state index in [0.29, 0.717) is 10.7 Å². The van der Waals surface area contributed by atoms with Gasteiger partial charge in [0, 0.05) is 17.9 Å². The molecule has 1 fully saturated rings. The van der Waals surface area contributed by atoms with Crippen LogP contribution in [-0.4, -0.2) is 19.7 Å². The minimum atomic E-state index is 0.0801. The zero-order valence-corrected chi connectivity index (χ0v) is 14.0. The van der Waals surface area contributed by atoms with Crippen LogP contribution in [-0.2, 0) is 12.0 Å². The van der Waals surface area contributed by atoms with E-state index in [1.54, 1.807) is 11.3 Å². The van der Waals surface area contributed by atoms with Crippen LogP contribution < -0.4 is 0 Å². The number of nitrogens with one attached hydrogen (secondary N) is 1. The lowest BCUT2D eigenvalue weighted by molar-refractivity contribution is 0.583. The molecule has 0 atom stereocenters. The van der Waals surface area contributed by atoms with Gasteiger partial charge in [-0.2, -0.15) is 5.10 Å². The highest BCUT2D eigenvalue weighted by atomic mass is 32.1. The van der Waals surface area contributed by atoms with Gasteiger partial charge in [-0.15, -0.1) is 11.3 Å². The van der Waals surface area contributed by atoms with Crippen LogP contribution in [0.2, 0.25) is 0 Å². The summed E-state index contributed by atoms with van der Waals surface area (Å²) < 4.78 is 2.75. The second-order valence-corrected chi connectivity index (χ2v) is 7.74. The van der Waals surface area contributed by atoms with Gasteiger partial charge in [0.15, 0.2) is 10.6 Å². The molecule has 0 saturated heterocycles. The molecule has 0 bridgehead atoms. The van der Waals surface area contributed by atoms with Crippen molar-refractivity contribution in [3.63, 3.8) is 0 Å². The van der Waals surface area contributed by atoms with Gasteiger partial charge in [0.25, 0.3) is 0 Å². The Morgan fingerprint density at radius 3 is 2.65 bits per heavy atom. The average Bonchev–Trinajstić information content (AvgIpc) is 2.99. The minimum Gasteiger partial charge on any atom is -0.300 e. The number of rotatable bonds is 3. The van der Waals surface area contributed by atoms with Gasteiger partial charge in [-0.25, -0.2) is 4.98 Å². The fourth-order valence-electron chi connectivity index (χ4n) is 2.23. The van der Waals surface area contributed by atoms with E-state index in [1.807, 2.05) is 0 Å². The lowest BCUT2D eigenvalue weighted by atomic mass is 9.98. The molecule has 0 amide bonds. The Balaban J connectivity index is 2.17. The normalized spacial score (nSPS) is 15.8. The van der Waals surface area contributed by atoms with Crippen molar-refractivity contribution in [1.82, 2.24) is 19.7 Å². The van der Waals surface area contributed by atoms with Gasteiger partial charge in [-0.05, 0) is 32.0 Å². The molecular weight excluding hydrogens is 288 g/mol. The first kappa shape index (κ1) is 13.9. The van der Waals surface area contributed by atoms with Gasteiger partial charge in [-0.3, -0.25) is 9.67 Å². The molecule has 20 heavy (non-hydrogen) atoms. The first-order chi connectivity index (χ1) is 9.41. The predicted molar refractivity (Wildman–Crippen MR) is 84.9 cm³/mol. The SMILES string of the molecule is CCn1c(-c2sc(C(C)(C)C)nc2C2CC2)n[nH]c1=S. The van der Waals surface area contributed by atoms with E-state index in [-0.39, 0.29) is 5.41 Å². The molecule has 2 aromatic heterocycles. The summed E-state index contributed by atoms with van der Waals surface area (Å²) in [6.07, 6.45) is 2.50. The zero-order valence-electron chi connectivity index (χ0n) is 12.4. The number of hydrogen-bond acceptors (Lipinski definition) is 4. The molecule has 1 saturated carbocycles. The van der Waals surface area contributed by atoms with Gasteiger partial charge in [-0.1, -0.05) is 20.8 Å². The van der Waals surface area contributed by atoms with Gasteiger partial charge in [0.1, 0.15) is 0 Å². The van der Waals surface area contributed by atoms with Crippen LogP contribution in [0, 0.1) is 4.77 Å². The molecule has 1 aliphatic rings. The molecule has 1 aliphatic carbocycles. The minimum absolute atomic E-state index is 0.0801. The first-order valence-corrected chi connectivity index (χ1v) is 8.31. The Kier molecular flexibility index (Phi) is 3.33. The van der Waals surface area contributed by atoms with Crippen LogP contribution in [0.1, 0.15) is 57.2 Å². The van der Waals surface area contributed by atoms with E-state index >= 15 is 0 Å². The van der Waals surface area contributed by atoms with Gasteiger partial charge in [0.2, 0.25) is 0 Å². The van der Waals surface area contributed by atoms with E-state index < -0.39 is 0 Å². The number of aromatic amines is 1. The van der Waals surface area contributed by atoms with Gasteiger partial charge >= 0.3 is 0 Å². The van der Waals surface area contributed by atoms with Crippen molar-refractivity contribution in [2.45, 2.75) is 58.4 Å². The summed E-state index contributed by atoms with van der Waals surface area (Å²) in [5, 5.41) is 8.54. The standard InChI is InChI=1S/C14H20N4S2/c1-5-18-11(16-17-13(18)19)10-9(8-6-7-8)15-12(20-10)14(2,3)4/h8H,5-7H2,1-4H3,(H,17,19). The quantitative estimate of drug-likeness (QED) is 0.862. The summed E-state index contributed by atoms with van der Waals surface area (Å²) in [5.74, 6) is 1.57. The molecule has 0 spiro atoms. The van der Waals surface area contributed by atoms with Gasteiger partial charge in [0.05, 0.1) is 15.6 Å². The van der Waals surface area contributed by atoms with E-state index in [2.05, 4.69) is 42.5 Å². The Bertz CT molecular complexity index is 683. The maximum atomic E-state index is 5.31. The van der Waals surface area contributed by atoms with Crippen molar-refractivity contribution in [3.8, 4) is 10.7 Å². The van der Waals surface area contributed by atoms with Crippen LogP contribution in [0.3, 0.4) is 0 Å². The zero-order chi connectivity index (χ0) is 14.5. The molecule has 0 unspecified atom stereocenters. The molecule has 2 aromatic rings. The largest absolute Gasteiger partial charge is 0.300 e. The van der Waals surface area contributed by atoms with Crippen molar-refractivity contribution in [3.05, 3.63) is 15.5 Å². The fourth-order valence-corrected chi connectivity index (χ4v) is 3.70. The van der Waals surface area contributed by atoms with Crippen LogP contribution in [0.15, 0.2) is 0 Å². The molecule has 6 heteroatoms. The molecule has 108 valence electrons.